The molecule has 0 nitrogen and oxygen atoms in total. The highest BCUT2D eigenvalue weighted by Gasteiger charge is 2.20. The second-order valence-corrected chi connectivity index (χ2v) is 4.17. The Morgan fingerprint density at radius 1 is 1.29 bits per heavy atom. The summed E-state index contributed by atoms with van der Waals surface area (Å²) in [5.41, 5.74) is -0.549. The maximum atomic E-state index is 13.1. The molecule has 1 aromatic carbocycles. The average Bonchev–Trinajstić information content (AvgIpc) is 2.40. The second-order valence-electron chi connectivity index (χ2n) is 2.73. The smallest absolute Gasteiger partial charge is 0.205 e. The SMILES string of the molecule is Fc1sc2ccc(Cl)cc2c1C(F)F. The van der Waals surface area contributed by atoms with E-state index in [-0.39, 0.29) is 5.39 Å². The van der Waals surface area contributed by atoms with Crippen molar-refractivity contribution < 1.29 is 13.2 Å². The van der Waals surface area contributed by atoms with E-state index in [1.807, 2.05) is 0 Å². The minimum atomic E-state index is -2.80. The Morgan fingerprint density at radius 3 is 2.64 bits per heavy atom. The number of benzene rings is 1. The Hall–Kier alpha value is -0.740. The molecular formula is C9H4ClF3S. The molecule has 0 fully saturated rings. The molecule has 2 aromatic rings. The molecule has 74 valence electrons. The monoisotopic (exact) mass is 236 g/mol. The van der Waals surface area contributed by atoms with Crippen molar-refractivity contribution in [2.45, 2.75) is 6.43 Å². The standard InChI is InChI=1S/C9H4ClF3S/c10-4-1-2-6-5(3-4)7(8(11)12)9(13)14-6/h1-3,8H. The number of fused-ring (bicyclic) bond motifs is 1. The predicted molar refractivity (Wildman–Crippen MR) is 51.8 cm³/mol. The van der Waals surface area contributed by atoms with Crippen LogP contribution >= 0.6 is 22.9 Å². The summed E-state index contributed by atoms with van der Waals surface area (Å²) in [6.07, 6.45) is -2.80. The second kappa shape index (κ2) is 3.44. The van der Waals surface area contributed by atoms with Crippen LogP contribution in [0.25, 0.3) is 10.1 Å². The van der Waals surface area contributed by atoms with Crippen molar-refractivity contribution in [1.82, 2.24) is 0 Å². The Labute approximate surface area is 86.9 Å². The Kier molecular flexibility index (Phi) is 2.41. The molecule has 0 bridgehead atoms. The third-order valence-corrected chi connectivity index (χ3v) is 3.07. The zero-order valence-corrected chi connectivity index (χ0v) is 8.30. The van der Waals surface area contributed by atoms with E-state index in [1.165, 1.54) is 12.1 Å². The van der Waals surface area contributed by atoms with Crippen LogP contribution in [0, 0.1) is 5.13 Å². The molecule has 0 amide bonds. The first-order valence-corrected chi connectivity index (χ1v) is 4.94. The minimum Gasteiger partial charge on any atom is -0.205 e. The normalized spacial score (nSPS) is 11.5. The molecule has 5 heteroatoms. The summed E-state index contributed by atoms with van der Waals surface area (Å²) in [5.74, 6) is 0. The quantitative estimate of drug-likeness (QED) is 0.677. The van der Waals surface area contributed by atoms with E-state index in [2.05, 4.69) is 0 Å². The van der Waals surface area contributed by atoms with Gasteiger partial charge in [-0.3, -0.25) is 0 Å². The summed E-state index contributed by atoms with van der Waals surface area (Å²) < 4.78 is 38.5. The lowest BCUT2D eigenvalue weighted by Crippen LogP contribution is -1.84. The molecule has 0 unspecified atom stereocenters. The molecule has 1 aromatic heterocycles. The lowest BCUT2D eigenvalue weighted by molar-refractivity contribution is 0.149. The number of alkyl halides is 2. The van der Waals surface area contributed by atoms with E-state index < -0.39 is 17.1 Å². The molecule has 0 saturated heterocycles. The molecular weight excluding hydrogens is 233 g/mol. The lowest BCUT2D eigenvalue weighted by atomic mass is 10.2. The van der Waals surface area contributed by atoms with Crippen LogP contribution in [-0.4, -0.2) is 0 Å². The van der Waals surface area contributed by atoms with Crippen LogP contribution in [0.3, 0.4) is 0 Å². The van der Waals surface area contributed by atoms with Gasteiger partial charge in [-0.1, -0.05) is 11.6 Å². The van der Waals surface area contributed by atoms with Gasteiger partial charge >= 0.3 is 0 Å². The van der Waals surface area contributed by atoms with Crippen molar-refractivity contribution in [1.29, 1.82) is 0 Å². The first-order chi connectivity index (χ1) is 6.59. The van der Waals surface area contributed by atoms with Crippen LogP contribution in [-0.2, 0) is 0 Å². The van der Waals surface area contributed by atoms with Crippen LogP contribution in [0.15, 0.2) is 18.2 Å². The van der Waals surface area contributed by atoms with Gasteiger partial charge in [-0.05, 0) is 18.2 Å². The maximum Gasteiger partial charge on any atom is 0.268 e. The van der Waals surface area contributed by atoms with Crippen LogP contribution in [0.2, 0.25) is 5.02 Å². The number of rotatable bonds is 1. The fourth-order valence-electron chi connectivity index (χ4n) is 1.26. The Bertz CT molecular complexity index is 478. The van der Waals surface area contributed by atoms with Gasteiger partial charge in [0.15, 0.2) is 5.13 Å². The van der Waals surface area contributed by atoms with E-state index in [9.17, 15) is 13.2 Å². The molecule has 0 saturated carbocycles. The van der Waals surface area contributed by atoms with E-state index in [0.717, 1.165) is 0 Å². The summed E-state index contributed by atoms with van der Waals surface area (Å²) in [6.45, 7) is 0. The van der Waals surface area contributed by atoms with Crippen LogP contribution < -0.4 is 0 Å². The van der Waals surface area contributed by atoms with E-state index in [0.29, 0.717) is 21.1 Å². The fraction of sp³-hybridized carbons (Fsp3) is 0.111. The number of hydrogen-bond donors (Lipinski definition) is 0. The van der Waals surface area contributed by atoms with Gasteiger partial charge in [-0.25, -0.2) is 8.78 Å². The molecule has 0 spiro atoms. The molecule has 1 heterocycles. The maximum absolute atomic E-state index is 13.1. The van der Waals surface area contributed by atoms with Crippen molar-refractivity contribution in [2.75, 3.05) is 0 Å². The van der Waals surface area contributed by atoms with Gasteiger partial charge in [0, 0.05) is 15.1 Å². The van der Waals surface area contributed by atoms with E-state index in [4.69, 9.17) is 11.6 Å². The lowest BCUT2D eigenvalue weighted by Gasteiger charge is -1.97. The molecule has 0 aliphatic rings. The average molecular weight is 237 g/mol. The van der Waals surface area contributed by atoms with Gasteiger partial charge in [0.05, 0.1) is 5.56 Å². The van der Waals surface area contributed by atoms with Crippen molar-refractivity contribution in [2.24, 2.45) is 0 Å². The summed E-state index contributed by atoms with van der Waals surface area (Å²) >= 11 is 6.35. The molecule has 0 radical (unpaired) electrons. The predicted octanol–water partition coefficient (Wildman–Crippen LogP) is 4.63. The topological polar surface area (TPSA) is 0 Å². The largest absolute Gasteiger partial charge is 0.268 e. The molecule has 2 rings (SSSR count). The highest BCUT2D eigenvalue weighted by atomic mass is 35.5. The van der Waals surface area contributed by atoms with Gasteiger partial charge in [-0.2, -0.15) is 4.39 Å². The van der Waals surface area contributed by atoms with Crippen molar-refractivity contribution in [3.63, 3.8) is 0 Å². The van der Waals surface area contributed by atoms with Gasteiger partial charge in [0.2, 0.25) is 0 Å². The van der Waals surface area contributed by atoms with Gasteiger partial charge < -0.3 is 0 Å². The van der Waals surface area contributed by atoms with E-state index >= 15 is 0 Å². The number of halogens is 4. The van der Waals surface area contributed by atoms with Crippen molar-refractivity contribution in [3.8, 4) is 0 Å². The van der Waals surface area contributed by atoms with E-state index in [1.54, 1.807) is 6.07 Å². The minimum absolute atomic E-state index is 0.204. The molecule has 0 atom stereocenters. The van der Waals surface area contributed by atoms with Gasteiger partial charge in [-0.15, -0.1) is 11.3 Å². The van der Waals surface area contributed by atoms with Crippen LogP contribution in [0.5, 0.6) is 0 Å². The first-order valence-electron chi connectivity index (χ1n) is 3.75. The Morgan fingerprint density at radius 2 is 2.00 bits per heavy atom. The van der Waals surface area contributed by atoms with Gasteiger partial charge in [0.25, 0.3) is 6.43 Å². The highest BCUT2D eigenvalue weighted by Crippen LogP contribution is 2.37. The zero-order chi connectivity index (χ0) is 10.3. The van der Waals surface area contributed by atoms with Crippen LogP contribution in [0.4, 0.5) is 13.2 Å². The summed E-state index contributed by atoms with van der Waals surface area (Å²) in [4.78, 5) is 0. The fourth-order valence-corrected chi connectivity index (χ4v) is 2.35. The first kappa shape index (κ1) is 9.80. The van der Waals surface area contributed by atoms with Crippen molar-refractivity contribution >= 4 is 33.0 Å². The number of hydrogen-bond acceptors (Lipinski definition) is 1. The summed E-state index contributed by atoms with van der Waals surface area (Å²) in [7, 11) is 0. The van der Waals surface area contributed by atoms with Crippen LogP contribution in [0.1, 0.15) is 12.0 Å². The summed E-state index contributed by atoms with van der Waals surface area (Å²) in [6, 6.07) is 4.45. The number of thiophene rings is 1. The van der Waals surface area contributed by atoms with Gasteiger partial charge in [0.1, 0.15) is 0 Å². The Balaban J connectivity index is 2.79. The highest BCUT2D eigenvalue weighted by molar-refractivity contribution is 7.17. The molecule has 14 heavy (non-hydrogen) atoms. The molecule has 0 aliphatic carbocycles. The third-order valence-electron chi connectivity index (χ3n) is 1.86. The summed E-state index contributed by atoms with van der Waals surface area (Å²) in [5, 5.41) is -0.301. The molecule has 0 N–H and O–H groups in total. The zero-order valence-electron chi connectivity index (χ0n) is 6.73. The van der Waals surface area contributed by atoms with Crippen molar-refractivity contribution in [3.05, 3.63) is 33.9 Å². The molecule has 0 aliphatic heterocycles. The third kappa shape index (κ3) is 1.48.